The van der Waals surface area contributed by atoms with Crippen LogP contribution in [0.2, 0.25) is 0 Å². The summed E-state index contributed by atoms with van der Waals surface area (Å²) in [5, 5.41) is 3.02. The van der Waals surface area contributed by atoms with Crippen molar-refractivity contribution in [3.63, 3.8) is 0 Å². The molecule has 3 heterocycles. The predicted octanol–water partition coefficient (Wildman–Crippen LogP) is 3.31. The van der Waals surface area contributed by atoms with Gasteiger partial charge in [-0.15, -0.1) is 0 Å². The molecule has 0 saturated carbocycles. The van der Waals surface area contributed by atoms with E-state index in [1.807, 2.05) is 4.57 Å². The largest absolute Gasteiger partial charge is 0.365 e. The highest BCUT2D eigenvalue weighted by atomic mass is 19.1. The van der Waals surface area contributed by atoms with Crippen LogP contribution >= 0.6 is 0 Å². The molecule has 1 saturated heterocycles. The van der Waals surface area contributed by atoms with E-state index in [1.165, 1.54) is 12.1 Å². The molecule has 32 heavy (non-hydrogen) atoms. The first-order chi connectivity index (χ1) is 15.4. The SMILES string of the molecule is CC(C)CCNC(=O)C1CCN(C(=O)c2ncn3c2CO[C@H](c2ccc(F)cc2)C3)CC1. The minimum atomic E-state index is -0.280. The quantitative estimate of drug-likeness (QED) is 0.745. The summed E-state index contributed by atoms with van der Waals surface area (Å²) in [6.07, 6.45) is 3.77. The summed E-state index contributed by atoms with van der Waals surface area (Å²) >= 11 is 0. The number of carbonyl (C=O) groups is 2. The maximum Gasteiger partial charge on any atom is 0.274 e. The Labute approximate surface area is 188 Å². The highest BCUT2D eigenvalue weighted by Crippen LogP contribution is 2.29. The molecule has 2 aliphatic rings. The Morgan fingerprint density at radius 1 is 1.22 bits per heavy atom. The van der Waals surface area contributed by atoms with Crippen LogP contribution in [-0.4, -0.2) is 45.9 Å². The lowest BCUT2D eigenvalue weighted by Crippen LogP contribution is -2.43. The average Bonchev–Trinajstić information content (AvgIpc) is 3.22. The van der Waals surface area contributed by atoms with Gasteiger partial charge >= 0.3 is 0 Å². The number of hydrogen-bond donors (Lipinski definition) is 1. The van der Waals surface area contributed by atoms with Crippen LogP contribution in [0.15, 0.2) is 30.6 Å². The van der Waals surface area contributed by atoms with Crippen molar-refractivity contribution in [3.05, 3.63) is 53.4 Å². The Balaban J connectivity index is 1.33. The van der Waals surface area contributed by atoms with Crippen molar-refractivity contribution in [2.24, 2.45) is 11.8 Å². The lowest BCUT2D eigenvalue weighted by Gasteiger charge is -2.31. The number of hydrogen-bond acceptors (Lipinski definition) is 4. The van der Waals surface area contributed by atoms with Crippen LogP contribution in [0.1, 0.15) is 61.0 Å². The Morgan fingerprint density at radius 3 is 2.62 bits per heavy atom. The Morgan fingerprint density at radius 2 is 1.94 bits per heavy atom. The van der Waals surface area contributed by atoms with Gasteiger partial charge in [-0.1, -0.05) is 26.0 Å². The van der Waals surface area contributed by atoms with Crippen LogP contribution in [0, 0.1) is 17.7 Å². The summed E-state index contributed by atoms with van der Waals surface area (Å²) in [6, 6.07) is 6.28. The van der Waals surface area contributed by atoms with Gasteiger partial charge in [-0.2, -0.15) is 0 Å². The van der Waals surface area contributed by atoms with Gasteiger partial charge in [-0.25, -0.2) is 9.37 Å². The molecule has 1 atom stereocenters. The first-order valence-electron chi connectivity index (χ1n) is 11.4. The highest BCUT2D eigenvalue weighted by Gasteiger charge is 2.32. The van der Waals surface area contributed by atoms with Gasteiger partial charge in [0.2, 0.25) is 5.91 Å². The molecule has 2 amide bonds. The number of nitrogens with zero attached hydrogens (tertiary/aromatic N) is 3. The number of rotatable bonds is 6. The molecule has 1 fully saturated rings. The third kappa shape index (κ3) is 5.01. The fraction of sp³-hybridized carbons (Fsp3) is 0.542. The number of aromatic nitrogens is 2. The molecular weight excluding hydrogens is 411 g/mol. The number of halogens is 1. The third-order valence-electron chi connectivity index (χ3n) is 6.35. The van der Waals surface area contributed by atoms with Crippen molar-refractivity contribution in [3.8, 4) is 0 Å². The molecule has 7 nitrogen and oxygen atoms in total. The number of ether oxygens (including phenoxy) is 1. The zero-order chi connectivity index (χ0) is 22.7. The summed E-state index contributed by atoms with van der Waals surface area (Å²) in [5.74, 6) is 0.226. The van der Waals surface area contributed by atoms with Crippen molar-refractivity contribution >= 4 is 11.8 Å². The Hall–Kier alpha value is -2.74. The van der Waals surface area contributed by atoms with E-state index < -0.39 is 0 Å². The van der Waals surface area contributed by atoms with Crippen molar-refractivity contribution in [1.29, 1.82) is 0 Å². The van der Waals surface area contributed by atoms with Crippen LogP contribution < -0.4 is 5.32 Å². The van der Waals surface area contributed by atoms with Gasteiger partial charge in [0.25, 0.3) is 5.91 Å². The second-order valence-corrected chi connectivity index (χ2v) is 9.08. The first kappa shape index (κ1) is 22.5. The molecule has 0 bridgehead atoms. The van der Waals surface area contributed by atoms with E-state index in [2.05, 4.69) is 24.1 Å². The molecule has 0 aliphatic carbocycles. The number of carbonyl (C=O) groups excluding carboxylic acids is 2. The monoisotopic (exact) mass is 442 g/mol. The molecule has 0 unspecified atom stereocenters. The van der Waals surface area contributed by atoms with E-state index >= 15 is 0 Å². The first-order valence-corrected chi connectivity index (χ1v) is 11.4. The van der Waals surface area contributed by atoms with Crippen molar-refractivity contribution in [1.82, 2.24) is 19.8 Å². The number of fused-ring (bicyclic) bond motifs is 1. The molecule has 8 heteroatoms. The summed E-state index contributed by atoms with van der Waals surface area (Å²) in [7, 11) is 0. The van der Waals surface area contributed by atoms with Crippen LogP contribution in [0.3, 0.4) is 0 Å². The maximum absolute atomic E-state index is 13.2. The Kier molecular flexibility index (Phi) is 6.89. The number of benzene rings is 1. The number of nitrogens with one attached hydrogen (secondary N) is 1. The number of piperidine rings is 1. The van der Waals surface area contributed by atoms with Crippen molar-refractivity contribution in [2.75, 3.05) is 19.6 Å². The molecule has 0 radical (unpaired) electrons. The summed E-state index contributed by atoms with van der Waals surface area (Å²) < 4.78 is 21.1. The van der Waals surface area contributed by atoms with Gasteiger partial charge in [0.1, 0.15) is 11.9 Å². The fourth-order valence-electron chi connectivity index (χ4n) is 4.31. The van der Waals surface area contributed by atoms with E-state index in [-0.39, 0.29) is 36.3 Å². The maximum atomic E-state index is 13.2. The van der Waals surface area contributed by atoms with Crippen molar-refractivity contribution < 1.29 is 18.7 Å². The zero-order valence-electron chi connectivity index (χ0n) is 18.7. The van der Waals surface area contributed by atoms with Gasteiger partial charge in [-0.3, -0.25) is 9.59 Å². The topological polar surface area (TPSA) is 76.5 Å². The fourth-order valence-corrected chi connectivity index (χ4v) is 4.31. The van der Waals surface area contributed by atoms with E-state index in [4.69, 9.17) is 4.74 Å². The van der Waals surface area contributed by atoms with Crippen LogP contribution in [0.5, 0.6) is 0 Å². The summed E-state index contributed by atoms with van der Waals surface area (Å²) in [4.78, 5) is 31.6. The zero-order valence-corrected chi connectivity index (χ0v) is 18.7. The molecule has 1 aromatic heterocycles. The molecule has 172 valence electrons. The van der Waals surface area contributed by atoms with E-state index in [1.54, 1.807) is 23.4 Å². The minimum absolute atomic E-state index is 0.0399. The predicted molar refractivity (Wildman–Crippen MR) is 117 cm³/mol. The van der Waals surface area contributed by atoms with Gasteiger partial charge in [-0.05, 0) is 42.9 Å². The van der Waals surface area contributed by atoms with Crippen LogP contribution in [-0.2, 0) is 22.7 Å². The van der Waals surface area contributed by atoms with Gasteiger partial charge < -0.3 is 19.5 Å². The number of amides is 2. The number of imidazole rings is 1. The van der Waals surface area contributed by atoms with Gasteiger partial charge in [0.05, 0.1) is 25.2 Å². The molecule has 1 aromatic carbocycles. The molecule has 0 spiro atoms. The second kappa shape index (κ2) is 9.81. The van der Waals surface area contributed by atoms with Gasteiger partial charge in [0.15, 0.2) is 5.69 Å². The standard InChI is InChI=1S/C24H31FN4O3/c1-16(2)7-10-26-23(30)18-8-11-28(12-9-18)24(31)22-20-14-32-21(13-29(20)15-27-22)17-3-5-19(25)6-4-17/h3-6,15-16,18,21H,7-14H2,1-2H3,(H,26,30)/t21-/m0/s1. The molecule has 2 aromatic rings. The van der Waals surface area contributed by atoms with E-state index in [0.29, 0.717) is 50.6 Å². The summed E-state index contributed by atoms with van der Waals surface area (Å²) in [5.41, 5.74) is 2.08. The second-order valence-electron chi connectivity index (χ2n) is 9.08. The number of likely N-dealkylation sites (tertiary alicyclic amines) is 1. The normalized spacial score (nSPS) is 19.1. The highest BCUT2D eigenvalue weighted by molar-refractivity contribution is 5.93. The van der Waals surface area contributed by atoms with E-state index in [0.717, 1.165) is 17.7 Å². The average molecular weight is 443 g/mol. The van der Waals surface area contributed by atoms with Crippen LogP contribution in [0.25, 0.3) is 0 Å². The smallest absolute Gasteiger partial charge is 0.274 e. The molecule has 4 rings (SSSR count). The lowest BCUT2D eigenvalue weighted by atomic mass is 9.95. The molecular formula is C24H31FN4O3. The molecule has 1 N–H and O–H groups in total. The Bertz CT molecular complexity index is 949. The molecule has 2 aliphatic heterocycles. The third-order valence-corrected chi connectivity index (χ3v) is 6.35. The van der Waals surface area contributed by atoms with Crippen LogP contribution in [0.4, 0.5) is 4.39 Å². The van der Waals surface area contributed by atoms with Gasteiger partial charge in [0, 0.05) is 25.6 Å². The van der Waals surface area contributed by atoms with E-state index in [9.17, 15) is 14.0 Å². The minimum Gasteiger partial charge on any atom is -0.365 e. The van der Waals surface area contributed by atoms with Crippen molar-refractivity contribution in [2.45, 2.75) is 52.4 Å². The lowest BCUT2D eigenvalue weighted by molar-refractivity contribution is -0.126. The summed E-state index contributed by atoms with van der Waals surface area (Å²) in [6.45, 7) is 6.88.